The van der Waals surface area contributed by atoms with Crippen molar-refractivity contribution in [1.82, 2.24) is 15.0 Å². The number of nitrogens with one attached hydrogen (secondary N) is 1. The van der Waals surface area contributed by atoms with E-state index in [4.69, 9.17) is 0 Å². The van der Waals surface area contributed by atoms with Crippen LogP contribution in [0, 0.1) is 13.8 Å². The lowest BCUT2D eigenvalue weighted by Gasteiger charge is -2.23. The second-order valence-corrected chi connectivity index (χ2v) is 6.19. The van der Waals surface area contributed by atoms with Crippen molar-refractivity contribution in [2.24, 2.45) is 0 Å². The highest BCUT2D eigenvalue weighted by Crippen LogP contribution is 2.17. The Hall–Kier alpha value is -2.17. The minimum Gasteiger partial charge on any atom is -0.341 e. The maximum Gasteiger partial charge on any atom is 0.232 e. The van der Waals surface area contributed by atoms with Crippen LogP contribution in [0.15, 0.2) is 24.3 Å². The van der Waals surface area contributed by atoms with Gasteiger partial charge in [0.05, 0.1) is 0 Å². The first-order chi connectivity index (χ1) is 11.6. The Balaban J connectivity index is 2.19. The van der Waals surface area contributed by atoms with Gasteiger partial charge in [-0.15, -0.1) is 0 Å². The van der Waals surface area contributed by atoms with Crippen LogP contribution in [0.2, 0.25) is 0 Å². The number of rotatable bonds is 9. The summed E-state index contributed by atoms with van der Waals surface area (Å²) in [5.41, 5.74) is 2.23. The number of aryl methyl sites for hydroxylation is 2. The Morgan fingerprint density at radius 3 is 2.08 bits per heavy atom. The van der Waals surface area contributed by atoms with Crippen LogP contribution in [0.3, 0.4) is 0 Å². The molecule has 1 aromatic carbocycles. The summed E-state index contributed by atoms with van der Waals surface area (Å²) >= 11 is 0. The molecule has 130 valence electrons. The minimum absolute atomic E-state index is 0.611. The third kappa shape index (κ3) is 5.48. The zero-order valence-electron chi connectivity index (χ0n) is 15.3. The van der Waals surface area contributed by atoms with Crippen molar-refractivity contribution in [2.45, 2.75) is 53.4 Å². The summed E-state index contributed by atoms with van der Waals surface area (Å²) in [6, 6.07) is 8.23. The van der Waals surface area contributed by atoms with Gasteiger partial charge in [-0.1, -0.05) is 44.4 Å². The lowest BCUT2D eigenvalue weighted by molar-refractivity contribution is 0.660. The van der Waals surface area contributed by atoms with E-state index in [-0.39, 0.29) is 0 Å². The van der Waals surface area contributed by atoms with Gasteiger partial charge in [0.15, 0.2) is 0 Å². The van der Waals surface area contributed by atoms with Crippen molar-refractivity contribution < 1.29 is 0 Å². The molecule has 0 saturated heterocycles. The topological polar surface area (TPSA) is 53.9 Å². The summed E-state index contributed by atoms with van der Waals surface area (Å²) in [5.74, 6) is 2.13. The molecule has 0 atom stereocenters. The van der Waals surface area contributed by atoms with E-state index >= 15 is 0 Å². The first kappa shape index (κ1) is 18.2. The molecule has 5 heteroatoms. The fraction of sp³-hybridized carbons (Fsp3) is 0.526. The number of unbranched alkanes of at least 4 members (excludes halogenated alkanes) is 2. The van der Waals surface area contributed by atoms with Crippen molar-refractivity contribution >= 4 is 17.6 Å². The number of benzene rings is 1. The van der Waals surface area contributed by atoms with E-state index < -0.39 is 0 Å². The molecule has 0 unspecified atom stereocenters. The van der Waals surface area contributed by atoms with E-state index in [2.05, 4.69) is 58.1 Å². The summed E-state index contributed by atoms with van der Waals surface area (Å²) in [6.07, 6.45) is 4.63. The zero-order chi connectivity index (χ0) is 17.4. The highest BCUT2D eigenvalue weighted by molar-refractivity contribution is 5.54. The molecule has 0 bridgehead atoms. The number of hydrogen-bond donors (Lipinski definition) is 1. The molecule has 1 N–H and O–H groups in total. The standard InChI is InChI=1S/C19H29N5/c1-5-7-13-24(14-8-6-2)19-21-16(4)20-18(23-19)22-17-11-9-15(3)10-12-17/h9-12H,5-8,13-14H2,1-4H3,(H,20,21,22,23). The van der Waals surface area contributed by atoms with Gasteiger partial charge in [-0.25, -0.2) is 0 Å². The van der Waals surface area contributed by atoms with E-state index in [1.165, 1.54) is 18.4 Å². The van der Waals surface area contributed by atoms with Gasteiger partial charge in [0.1, 0.15) is 5.82 Å². The third-order valence-corrected chi connectivity index (χ3v) is 3.89. The Morgan fingerprint density at radius 1 is 0.875 bits per heavy atom. The molecular weight excluding hydrogens is 298 g/mol. The first-order valence-electron chi connectivity index (χ1n) is 8.93. The average molecular weight is 327 g/mol. The number of nitrogens with zero attached hydrogens (tertiary/aromatic N) is 4. The van der Waals surface area contributed by atoms with Crippen LogP contribution in [-0.4, -0.2) is 28.0 Å². The van der Waals surface area contributed by atoms with Gasteiger partial charge in [-0.05, 0) is 38.8 Å². The van der Waals surface area contributed by atoms with E-state index in [1.807, 2.05) is 19.1 Å². The maximum absolute atomic E-state index is 4.65. The predicted molar refractivity (Wildman–Crippen MR) is 101 cm³/mol. The fourth-order valence-corrected chi connectivity index (χ4v) is 2.44. The van der Waals surface area contributed by atoms with Gasteiger partial charge in [0.25, 0.3) is 0 Å². The Kier molecular flexibility index (Phi) is 6.97. The normalized spacial score (nSPS) is 10.7. The molecule has 2 aromatic rings. The van der Waals surface area contributed by atoms with Gasteiger partial charge in [-0.2, -0.15) is 15.0 Å². The summed E-state index contributed by atoms with van der Waals surface area (Å²) in [4.78, 5) is 15.9. The van der Waals surface area contributed by atoms with Crippen LogP contribution in [0.4, 0.5) is 17.6 Å². The predicted octanol–water partition coefficient (Wildman–Crippen LogP) is 4.64. The quantitative estimate of drug-likeness (QED) is 0.727. The molecule has 0 spiro atoms. The van der Waals surface area contributed by atoms with Gasteiger partial charge in [-0.3, -0.25) is 0 Å². The lowest BCUT2D eigenvalue weighted by atomic mass is 10.2. The molecule has 1 aromatic heterocycles. The first-order valence-corrected chi connectivity index (χ1v) is 8.93. The zero-order valence-corrected chi connectivity index (χ0v) is 15.3. The van der Waals surface area contributed by atoms with E-state index in [1.54, 1.807) is 0 Å². The van der Waals surface area contributed by atoms with E-state index in [9.17, 15) is 0 Å². The van der Waals surface area contributed by atoms with Gasteiger partial charge in [0.2, 0.25) is 11.9 Å². The summed E-state index contributed by atoms with van der Waals surface area (Å²) in [6.45, 7) is 10.4. The fourth-order valence-electron chi connectivity index (χ4n) is 2.44. The molecule has 0 aliphatic carbocycles. The number of anilines is 3. The average Bonchev–Trinajstić information content (AvgIpc) is 2.56. The smallest absolute Gasteiger partial charge is 0.232 e. The molecular formula is C19H29N5. The van der Waals surface area contributed by atoms with Crippen LogP contribution in [0.5, 0.6) is 0 Å². The van der Waals surface area contributed by atoms with Crippen molar-refractivity contribution in [1.29, 1.82) is 0 Å². The molecule has 0 aliphatic rings. The molecule has 0 aliphatic heterocycles. The van der Waals surface area contributed by atoms with Crippen LogP contribution in [0.25, 0.3) is 0 Å². The highest BCUT2D eigenvalue weighted by Gasteiger charge is 2.12. The second kappa shape index (κ2) is 9.21. The number of hydrogen-bond acceptors (Lipinski definition) is 5. The largest absolute Gasteiger partial charge is 0.341 e. The Morgan fingerprint density at radius 2 is 1.50 bits per heavy atom. The highest BCUT2D eigenvalue weighted by atomic mass is 15.3. The van der Waals surface area contributed by atoms with Crippen LogP contribution < -0.4 is 10.2 Å². The summed E-state index contributed by atoms with van der Waals surface area (Å²) in [5, 5.41) is 3.29. The molecule has 1 heterocycles. The van der Waals surface area contributed by atoms with Crippen molar-refractivity contribution in [3.05, 3.63) is 35.7 Å². The minimum atomic E-state index is 0.611. The monoisotopic (exact) mass is 327 g/mol. The van der Waals surface area contributed by atoms with E-state index in [0.29, 0.717) is 5.95 Å². The van der Waals surface area contributed by atoms with E-state index in [0.717, 1.165) is 43.4 Å². The van der Waals surface area contributed by atoms with Crippen LogP contribution in [-0.2, 0) is 0 Å². The molecule has 24 heavy (non-hydrogen) atoms. The lowest BCUT2D eigenvalue weighted by Crippen LogP contribution is -2.28. The molecule has 0 saturated carbocycles. The SMILES string of the molecule is CCCCN(CCCC)c1nc(C)nc(Nc2ccc(C)cc2)n1. The number of aromatic nitrogens is 3. The van der Waals surface area contributed by atoms with Gasteiger partial charge < -0.3 is 10.2 Å². The van der Waals surface area contributed by atoms with Gasteiger partial charge in [0, 0.05) is 18.8 Å². The molecule has 5 nitrogen and oxygen atoms in total. The van der Waals surface area contributed by atoms with Crippen molar-refractivity contribution in [2.75, 3.05) is 23.3 Å². The summed E-state index contributed by atoms with van der Waals surface area (Å²) < 4.78 is 0. The molecule has 0 fully saturated rings. The van der Waals surface area contributed by atoms with Crippen molar-refractivity contribution in [3.63, 3.8) is 0 Å². The third-order valence-electron chi connectivity index (χ3n) is 3.89. The van der Waals surface area contributed by atoms with Crippen LogP contribution >= 0.6 is 0 Å². The van der Waals surface area contributed by atoms with Gasteiger partial charge >= 0.3 is 0 Å². The Bertz CT molecular complexity index is 616. The Labute approximate surface area is 145 Å². The van der Waals surface area contributed by atoms with Crippen LogP contribution in [0.1, 0.15) is 50.9 Å². The maximum atomic E-state index is 4.65. The molecule has 2 rings (SSSR count). The molecule has 0 amide bonds. The summed E-state index contributed by atoms with van der Waals surface area (Å²) in [7, 11) is 0. The second-order valence-electron chi connectivity index (χ2n) is 6.19. The van der Waals surface area contributed by atoms with Crippen molar-refractivity contribution in [3.8, 4) is 0 Å². The molecule has 0 radical (unpaired) electrons.